The number of aryl methyl sites for hydroxylation is 4. The summed E-state index contributed by atoms with van der Waals surface area (Å²) in [6.45, 7) is 10.2. The molecule has 1 amide bonds. The van der Waals surface area contributed by atoms with E-state index in [4.69, 9.17) is 0 Å². The lowest BCUT2D eigenvalue weighted by molar-refractivity contribution is -0.112. The first-order chi connectivity index (χ1) is 13.8. The number of amides is 1. The van der Waals surface area contributed by atoms with Gasteiger partial charge in [-0.3, -0.25) is 4.79 Å². The molecular formula is C25H25N3O. The maximum Gasteiger partial charge on any atom is 0.266 e. The first kappa shape index (κ1) is 20.2. The van der Waals surface area contributed by atoms with Crippen LogP contribution in [0, 0.1) is 45.9 Å². The molecule has 3 aromatic rings. The first-order valence-electron chi connectivity index (χ1n) is 9.57. The van der Waals surface area contributed by atoms with Crippen LogP contribution in [0.2, 0.25) is 0 Å². The molecule has 0 radical (unpaired) electrons. The van der Waals surface area contributed by atoms with Gasteiger partial charge in [0.1, 0.15) is 11.6 Å². The quantitative estimate of drug-likeness (QED) is 0.473. The van der Waals surface area contributed by atoms with E-state index in [1.54, 1.807) is 6.08 Å². The topological polar surface area (TPSA) is 57.8 Å². The Kier molecular flexibility index (Phi) is 5.70. The molecule has 0 saturated carbocycles. The van der Waals surface area contributed by atoms with Gasteiger partial charge in [0.25, 0.3) is 5.91 Å². The van der Waals surface area contributed by atoms with Crippen LogP contribution >= 0.6 is 0 Å². The number of anilines is 1. The molecule has 3 rings (SSSR count). The number of aromatic nitrogens is 1. The van der Waals surface area contributed by atoms with E-state index in [9.17, 15) is 10.1 Å². The zero-order chi connectivity index (χ0) is 21.1. The smallest absolute Gasteiger partial charge is 0.266 e. The van der Waals surface area contributed by atoms with E-state index < -0.39 is 5.91 Å². The zero-order valence-corrected chi connectivity index (χ0v) is 17.5. The minimum atomic E-state index is -0.407. The highest BCUT2D eigenvalue weighted by atomic mass is 16.1. The molecule has 0 fully saturated rings. The Balaban J connectivity index is 1.99. The fourth-order valence-corrected chi connectivity index (χ4v) is 3.66. The summed E-state index contributed by atoms with van der Waals surface area (Å²) in [5, 5.41) is 12.4. The summed E-state index contributed by atoms with van der Waals surface area (Å²) in [6.07, 6.45) is 1.66. The van der Waals surface area contributed by atoms with Crippen LogP contribution in [-0.4, -0.2) is 10.5 Å². The molecule has 0 atom stereocenters. The summed E-state index contributed by atoms with van der Waals surface area (Å²) in [6, 6.07) is 17.8. The average molecular weight is 383 g/mol. The number of rotatable bonds is 4. The molecule has 4 heteroatoms. The van der Waals surface area contributed by atoms with E-state index in [1.807, 2.05) is 63.2 Å². The number of nitriles is 1. The fraction of sp³-hybridized carbons (Fsp3) is 0.200. The lowest BCUT2D eigenvalue weighted by Crippen LogP contribution is -2.13. The van der Waals surface area contributed by atoms with Crippen molar-refractivity contribution >= 4 is 17.7 Å². The van der Waals surface area contributed by atoms with Crippen molar-refractivity contribution in [2.24, 2.45) is 0 Å². The van der Waals surface area contributed by atoms with E-state index in [0.717, 1.165) is 28.2 Å². The van der Waals surface area contributed by atoms with Gasteiger partial charge in [0.2, 0.25) is 0 Å². The third-order valence-electron chi connectivity index (χ3n) is 5.07. The lowest BCUT2D eigenvalue weighted by Gasteiger charge is -2.15. The van der Waals surface area contributed by atoms with Crippen LogP contribution in [0.4, 0.5) is 5.69 Å². The van der Waals surface area contributed by atoms with Crippen LogP contribution in [-0.2, 0) is 4.79 Å². The third kappa shape index (κ3) is 4.14. The van der Waals surface area contributed by atoms with Crippen LogP contribution in [0.5, 0.6) is 0 Å². The Morgan fingerprint density at radius 1 is 1.00 bits per heavy atom. The van der Waals surface area contributed by atoms with Gasteiger partial charge < -0.3 is 9.88 Å². The standard InChI is InChI=1S/C25H25N3O/c1-16-8-6-11-23(12-16)27-25(29)22(15-26)14-21-13-19(4)28(20(21)5)24-17(2)9-7-10-18(24)3/h6-14H,1-5H3,(H,27,29)/b22-14-. The predicted octanol–water partition coefficient (Wildman–Crippen LogP) is 5.57. The molecule has 2 aromatic carbocycles. The highest BCUT2D eigenvalue weighted by molar-refractivity contribution is 6.09. The van der Waals surface area contributed by atoms with Gasteiger partial charge in [-0.1, -0.05) is 30.3 Å². The Morgan fingerprint density at radius 2 is 1.66 bits per heavy atom. The SMILES string of the molecule is Cc1cccc(NC(=O)/C(C#N)=C\c2cc(C)n(-c3c(C)cccc3C)c2C)c1. The van der Waals surface area contributed by atoms with Crippen LogP contribution in [0.1, 0.15) is 33.6 Å². The largest absolute Gasteiger partial charge is 0.321 e. The fourth-order valence-electron chi connectivity index (χ4n) is 3.66. The predicted molar refractivity (Wildman–Crippen MR) is 118 cm³/mol. The molecule has 0 spiro atoms. The van der Waals surface area contributed by atoms with Crippen molar-refractivity contribution in [3.05, 3.63) is 87.7 Å². The molecular weight excluding hydrogens is 358 g/mol. The summed E-state index contributed by atoms with van der Waals surface area (Å²) in [7, 11) is 0. The number of benzene rings is 2. The number of hydrogen-bond acceptors (Lipinski definition) is 2. The van der Waals surface area contributed by atoms with Crippen LogP contribution in [0.15, 0.2) is 54.1 Å². The second kappa shape index (κ2) is 8.20. The van der Waals surface area contributed by atoms with E-state index >= 15 is 0 Å². The molecule has 0 bridgehead atoms. The maximum absolute atomic E-state index is 12.6. The van der Waals surface area contributed by atoms with E-state index in [0.29, 0.717) is 5.69 Å². The normalized spacial score (nSPS) is 11.2. The summed E-state index contributed by atoms with van der Waals surface area (Å²) < 4.78 is 2.18. The number of carbonyl (C=O) groups is 1. The minimum Gasteiger partial charge on any atom is -0.321 e. The van der Waals surface area contributed by atoms with Gasteiger partial charge in [-0.15, -0.1) is 0 Å². The van der Waals surface area contributed by atoms with Crippen LogP contribution < -0.4 is 5.32 Å². The minimum absolute atomic E-state index is 0.0771. The molecule has 1 aromatic heterocycles. The van der Waals surface area contributed by atoms with Gasteiger partial charge >= 0.3 is 0 Å². The molecule has 0 aliphatic rings. The highest BCUT2D eigenvalue weighted by Crippen LogP contribution is 2.27. The summed E-state index contributed by atoms with van der Waals surface area (Å²) >= 11 is 0. The van der Waals surface area contributed by atoms with E-state index in [-0.39, 0.29) is 5.57 Å². The number of hydrogen-bond donors (Lipinski definition) is 1. The third-order valence-corrected chi connectivity index (χ3v) is 5.07. The summed E-state index contributed by atoms with van der Waals surface area (Å²) in [5.41, 5.74) is 8.22. The van der Waals surface area contributed by atoms with Crippen LogP contribution in [0.3, 0.4) is 0 Å². The zero-order valence-electron chi connectivity index (χ0n) is 17.5. The molecule has 0 aliphatic heterocycles. The van der Waals surface area contributed by atoms with Crippen molar-refractivity contribution < 1.29 is 4.79 Å². The van der Waals surface area contributed by atoms with Gasteiger partial charge in [0.15, 0.2) is 0 Å². The molecule has 146 valence electrons. The number of para-hydroxylation sites is 1. The molecule has 0 unspecified atom stereocenters. The van der Waals surface area contributed by atoms with Crippen molar-refractivity contribution in [3.63, 3.8) is 0 Å². The number of nitrogens with one attached hydrogen (secondary N) is 1. The average Bonchev–Trinajstić information content (AvgIpc) is 2.93. The Bertz CT molecular complexity index is 1140. The number of nitrogens with zero attached hydrogens (tertiary/aromatic N) is 2. The van der Waals surface area contributed by atoms with Crippen LogP contribution in [0.25, 0.3) is 11.8 Å². The number of carbonyl (C=O) groups excluding carboxylic acids is 1. The molecule has 0 saturated heterocycles. The molecule has 1 N–H and O–H groups in total. The summed E-state index contributed by atoms with van der Waals surface area (Å²) in [5.74, 6) is -0.407. The molecule has 0 aliphatic carbocycles. The van der Waals surface area contributed by atoms with Crippen molar-refractivity contribution in [1.29, 1.82) is 5.26 Å². The molecule has 1 heterocycles. The Labute approximate surface area is 172 Å². The maximum atomic E-state index is 12.6. The summed E-state index contributed by atoms with van der Waals surface area (Å²) in [4.78, 5) is 12.6. The Morgan fingerprint density at radius 3 is 2.28 bits per heavy atom. The van der Waals surface area contributed by atoms with E-state index in [2.05, 4.69) is 35.9 Å². The molecule has 4 nitrogen and oxygen atoms in total. The van der Waals surface area contributed by atoms with Gasteiger partial charge in [0.05, 0.1) is 5.69 Å². The van der Waals surface area contributed by atoms with Gasteiger partial charge in [-0.25, -0.2) is 0 Å². The monoisotopic (exact) mass is 383 g/mol. The first-order valence-corrected chi connectivity index (χ1v) is 9.57. The van der Waals surface area contributed by atoms with Gasteiger partial charge in [0, 0.05) is 17.1 Å². The van der Waals surface area contributed by atoms with Crippen molar-refractivity contribution in [3.8, 4) is 11.8 Å². The van der Waals surface area contributed by atoms with E-state index in [1.165, 1.54) is 11.1 Å². The highest BCUT2D eigenvalue weighted by Gasteiger charge is 2.16. The van der Waals surface area contributed by atoms with Crippen molar-refractivity contribution in [2.45, 2.75) is 34.6 Å². The van der Waals surface area contributed by atoms with Gasteiger partial charge in [-0.05, 0) is 81.1 Å². The van der Waals surface area contributed by atoms with Crippen molar-refractivity contribution in [1.82, 2.24) is 4.57 Å². The van der Waals surface area contributed by atoms with Crippen molar-refractivity contribution in [2.75, 3.05) is 5.32 Å². The Hall–Kier alpha value is -3.58. The molecule has 29 heavy (non-hydrogen) atoms. The lowest BCUT2D eigenvalue weighted by atomic mass is 10.1. The second-order valence-corrected chi connectivity index (χ2v) is 7.40. The van der Waals surface area contributed by atoms with Gasteiger partial charge in [-0.2, -0.15) is 5.26 Å². The second-order valence-electron chi connectivity index (χ2n) is 7.40.